The first-order valence-corrected chi connectivity index (χ1v) is 13.4. The number of ketones is 1. The van der Waals surface area contributed by atoms with Gasteiger partial charge in [-0.25, -0.2) is 12.8 Å². The van der Waals surface area contributed by atoms with Crippen LogP contribution < -0.4 is 4.74 Å². The third-order valence-corrected chi connectivity index (χ3v) is 8.75. The lowest BCUT2D eigenvalue weighted by atomic mass is 9.86. The van der Waals surface area contributed by atoms with Gasteiger partial charge in [0.05, 0.1) is 28.7 Å². The molecule has 0 amide bonds. The molecule has 3 heterocycles. The maximum Gasteiger partial charge on any atom is 0.394 e. The molecular weight excluding hydrogens is 511 g/mol. The van der Waals surface area contributed by atoms with Crippen LogP contribution in [0.2, 0.25) is 0 Å². The first kappa shape index (κ1) is 27.1. The Kier molecular flexibility index (Phi) is 6.43. The summed E-state index contributed by atoms with van der Waals surface area (Å²) in [5.41, 5.74) is -1.37. The summed E-state index contributed by atoms with van der Waals surface area (Å²) >= 11 is 0. The fraction of sp³-hybridized carbons (Fsp3) is 0.480. The van der Waals surface area contributed by atoms with Crippen molar-refractivity contribution in [2.75, 3.05) is 11.5 Å². The maximum absolute atomic E-state index is 14.9. The van der Waals surface area contributed by atoms with E-state index in [1.807, 2.05) is 0 Å². The van der Waals surface area contributed by atoms with Crippen LogP contribution in [0, 0.1) is 11.2 Å². The number of nitrogens with zero attached hydrogens (tertiary/aromatic N) is 3. The minimum Gasteiger partial charge on any atom is -0.433 e. The number of hydrogen-bond donors (Lipinski definition) is 1. The molecule has 0 aliphatic carbocycles. The van der Waals surface area contributed by atoms with Crippen LogP contribution >= 0.6 is 0 Å². The van der Waals surface area contributed by atoms with E-state index in [1.54, 1.807) is 27.7 Å². The predicted molar refractivity (Wildman–Crippen MR) is 131 cm³/mol. The highest BCUT2D eigenvalue weighted by Crippen LogP contribution is 2.38. The highest BCUT2D eigenvalue weighted by molar-refractivity contribution is 7.92. The SMILES string of the molecule is C[C@H](n1nc(-c2cc(OC(C)(F)F)ccc2F)c2ncc(C(=O)CC3(C)CS(=O)(=O)C3)cc21)C(C)(C)O. The Bertz CT molecular complexity index is 1480. The van der Waals surface area contributed by atoms with E-state index in [9.17, 15) is 31.5 Å². The zero-order valence-electron chi connectivity index (χ0n) is 21.0. The van der Waals surface area contributed by atoms with Gasteiger partial charge in [-0.2, -0.15) is 13.9 Å². The minimum absolute atomic E-state index is 0.000694. The van der Waals surface area contributed by atoms with Crippen molar-refractivity contribution >= 4 is 26.7 Å². The summed E-state index contributed by atoms with van der Waals surface area (Å²) in [6.45, 7) is 7.09. The number of benzene rings is 1. The zero-order valence-corrected chi connectivity index (χ0v) is 21.9. The number of aromatic nitrogens is 3. The van der Waals surface area contributed by atoms with Crippen LogP contribution in [0.4, 0.5) is 13.2 Å². The average molecular weight is 540 g/mol. The quantitative estimate of drug-likeness (QED) is 0.418. The molecular formula is C25H28F3N3O5S. The summed E-state index contributed by atoms with van der Waals surface area (Å²) < 4.78 is 71.0. The number of pyridine rings is 1. The van der Waals surface area contributed by atoms with Crippen molar-refractivity contribution in [1.29, 1.82) is 0 Å². The summed E-state index contributed by atoms with van der Waals surface area (Å²) in [5, 5.41) is 15.1. The number of sulfone groups is 1. The summed E-state index contributed by atoms with van der Waals surface area (Å²) in [6, 6.07) is 3.99. The van der Waals surface area contributed by atoms with E-state index in [-0.39, 0.29) is 51.8 Å². The van der Waals surface area contributed by atoms with Crippen LogP contribution in [0.25, 0.3) is 22.3 Å². The molecule has 200 valence electrons. The van der Waals surface area contributed by atoms with Gasteiger partial charge in [0.25, 0.3) is 0 Å². The van der Waals surface area contributed by atoms with Gasteiger partial charge in [-0.3, -0.25) is 14.5 Å². The van der Waals surface area contributed by atoms with Crippen molar-refractivity contribution in [1.82, 2.24) is 14.8 Å². The fourth-order valence-corrected chi connectivity index (χ4v) is 6.76. The number of alkyl halides is 2. The van der Waals surface area contributed by atoms with E-state index in [2.05, 4.69) is 14.8 Å². The number of Topliss-reactive ketones (excluding diaryl/α,β-unsaturated/α-hetero) is 1. The molecule has 1 atom stereocenters. The number of aliphatic hydroxyl groups is 1. The Morgan fingerprint density at radius 2 is 1.89 bits per heavy atom. The second-order valence-electron chi connectivity index (χ2n) is 10.7. The van der Waals surface area contributed by atoms with E-state index in [1.165, 1.54) is 16.9 Å². The Morgan fingerprint density at radius 3 is 2.46 bits per heavy atom. The third-order valence-electron chi connectivity index (χ3n) is 6.47. The number of halogens is 3. The van der Waals surface area contributed by atoms with Gasteiger partial charge in [0.2, 0.25) is 0 Å². The van der Waals surface area contributed by atoms with E-state index in [0.717, 1.165) is 18.2 Å². The normalized spacial score (nSPS) is 17.9. The number of fused-ring (bicyclic) bond motifs is 1. The van der Waals surface area contributed by atoms with Crippen LogP contribution in [0.5, 0.6) is 5.75 Å². The van der Waals surface area contributed by atoms with Crippen molar-refractivity contribution in [3.63, 3.8) is 0 Å². The lowest BCUT2D eigenvalue weighted by Crippen LogP contribution is -2.47. The predicted octanol–water partition coefficient (Wildman–Crippen LogP) is 4.57. The minimum atomic E-state index is -3.49. The highest BCUT2D eigenvalue weighted by Gasteiger charge is 2.46. The number of hydrogen-bond acceptors (Lipinski definition) is 7. The van der Waals surface area contributed by atoms with Crippen LogP contribution in [0.1, 0.15) is 57.4 Å². The van der Waals surface area contributed by atoms with Gasteiger partial charge in [0.15, 0.2) is 15.6 Å². The van der Waals surface area contributed by atoms with E-state index in [4.69, 9.17) is 0 Å². The molecule has 0 radical (unpaired) electrons. The molecule has 1 aromatic carbocycles. The van der Waals surface area contributed by atoms with Crippen LogP contribution in [-0.2, 0) is 9.84 Å². The molecule has 1 fully saturated rings. The van der Waals surface area contributed by atoms with Gasteiger partial charge in [-0.1, -0.05) is 6.92 Å². The van der Waals surface area contributed by atoms with E-state index >= 15 is 0 Å². The van der Waals surface area contributed by atoms with Crippen molar-refractivity contribution in [2.45, 2.75) is 58.8 Å². The van der Waals surface area contributed by atoms with Crippen molar-refractivity contribution in [2.24, 2.45) is 5.41 Å². The summed E-state index contributed by atoms with van der Waals surface area (Å²) in [6.07, 6.45) is -2.19. The van der Waals surface area contributed by atoms with Gasteiger partial charge in [-0.05, 0) is 45.0 Å². The maximum atomic E-state index is 14.9. The molecule has 1 aliphatic heterocycles. The molecule has 0 saturated carbocycles. The van der Waals surface area contributed by atoms with E-state index in [0.29, 0.717) is 12.4 Å². The number of carbonyl (C=O) groups excluding carboxylic acids is 1. The largest absolute Gasteiger partial charge is 0.433 e. The Morgan fingerprint density at radius 1 is 1.24 bits per heavy atom. The Labute approximate surface area is 212 Å². The number of carbonyl (C=O) groups is 1. The third kappa shape index (κ3) is 5.64. The molecule has 1 aliphatic rings. The standard InChI is InChI=1S/C25H28F3N3O5S/c1-14(23(2,3)33)31-19-8-15(20(32)10-24(4)12-37(34,35)13-24)11-29-22(19)21(30-31)17-9-16(6-7-18(17)26)36-25(5,27)28/h6-9,11,14,33H,10,12-13H2,1-5H3/t14-/m0/s1. The lowest BCUT2D eigenvalue weighted by molar-refractivity contribution is -0.158. The Balaban J connectivity index is 1.82. The first-order valence-electron chi connectivity index (χ1n) is 11.6. The smallest absolute Gasteiger partial charge is 0.394 e. The molecule has 0 bridgehead atoms. The molecule has 1 N–H and O–H groups in total. The number of ether oxygens (including phenoxy) is 1. The molecule has 37 heavy (non-hydrogen) atoms. The molecule has 12 heteroatoms. The average Bonchev–Trinajstić information content (AvgIpc) is 3.09. The van der Waals surface area contributed by atoms with Crippen LogP contribution in [0.3, 0.4) is 0 Å². The molecule has 2 aromatic heterocycles. The summed E-state index contributed by atoms with van der Waals surface area (Å²) in [4.78, 5) is 17.4. The van der Waals surface area contributed by atoms with Crippen molar-refractivity contribution in [3.8, 4) is 17.0 Å². The monoisotopic (exact) mass is 539 g/mol. The first-order chi connectivity index (χ1) is 16.9. The van der Waals surface area contributed by atoms with E-state index < -0.39 is 38.8 Å². The molecule has 3 aromatic rings. The molecule has 0 spiro atoms. The topological polar surface area (TPSA) is 111 Å². The summed E-state index contributed by atoms with van der Waals surface area (Å²) in [7, 11) is -3.13. The highest BCUT2D eigenvalue weighted by atomic mass is 32.2. The zero-order chi connectivity index (χ0) is 27.6. The Hall–Kier alpha value is -2.99. The van der Waals surface area contributed by atoms with Crippen molar-refractivity contribution in [3.05, 3.63) is 41.8 Å². The summed E-state index contributed by atoms with van der Waals surface area (Å²) in [5.74, 6) is -1.50. The van der Waals surface area contributed by atoms with Crippen LogP contribution in [-0.4, -0.2) is 57.3 Å². The van der Waals surface area contributed by atoms with Gasteiger partial charge >= 0.3 is 6.11 Å². The molecule has 0 unspecified atom stereocenters. The molecule has 1 saturated heterocycles. The lowest BCUT2D eigenvalue weighted by Gasteiger charge is -2.37. The van der Waals surface area contributed by atoms with Crippen molar-refractivity contribution < 1.29 is 36.2 Å². The fourth-order valence-electron chi connectivity index (χ4n) is 4.52. The second kappa shape index (κ2) is 8.80. The van der Waals surface area contributed by atoms with Gasteiger partial charge in [0, 0.05) is 36.1 Å². The van der Waals surface area contributed by atoms with Gasteiger partial charge < -0.3 is 9.84 Å². The molecule has 4 rings (SSSR count). The van der Waals surface area contributed by atoms with Gasteiger partial charge in [0.1, 0.15) is 22.8 Å². The second-order valence-corrected chi connectivity index (χ2v) is 12.8. The van der Waals surface area contributed by atoms with Crippen LogP contribution in [0.15, 0.2) is 30.5 Å². The van der Waals surface area contributed by atoms with Gasteiger partial charge in [-0.15, -0.1) is 0 Å². The molecule has 8 nitrogen and oxygen atoms in total. The number of rotatable bonds is 8.